The van der Waals surface area contributed by atoms with Gasteiger partial charge in [-0.3, -0.25) is 4.79 Å². The maximum Gasteiger partial charge on any atom is 0.248 e. The van der Waals surface area contributed by atoms with Crippen molar-refractivity contribution in [1.29, 1.82) is 0 Å². The summed E-state index contributed by atoms with van der Waals surface area (Å²) >= 11 is 3.40. The van der Waals surface area contributed by atoms with Crippen LogP contribution in [0.5, 0.6) is 0 Å². The van der Waals surface area contributed by atoms with E-state index in [0.29, 0.717) is 13.1 Å². The molecule has 3 nitrogen and oxygen atoms in total. The second-order valence-corrected chi connectivity index (χ2v) is 4.85. The van der Waals surface area contributed by atoms with E-state index in [4.69, 9.17) is 4.74 Å². The highest BCUT2D eigenvalue weighted by Gasteiger charge is 2.26. The molecule has 0 saturated carbocycles. The molecule has 1 aliphatic heterocycles. The first-order chi connectivity index (χ1) is 8.20. The molecular weight excluding hydrogens is 282 g/mol. The highest BCUT2D eigenvalue weighted by atomic mass is 79.9. The van der Waals surface area contributed by atoms with Crippen molar-refractivity contribution < 1.29 is 9.53 Å². The third kappa shape index (κ3) is 2.96. The molecule has 2 rings (SSSR count). The molecule has 1 amide bonds. The van der Waals surface area contributed by atoms with Crippen LogP contribution in [0.3, 0.4) is 0 Å². The summed E-state index contributed by atoms with van der Waals surface area (Å²) in [4.78, 5) is 13.3. The number of hydrogen-bond acceptors (Lipinski definition) is 2. The summed E-state index contributed by atoms with van der Waals surface area (Å²) in [6, 6.07) is 7.98. The van der Waals surface area contributed by atoms with Crippen molar-refractivity contribution in [2.24, 2.45) is 0 Å². The molecule has 90 valence electrons. The number of carbonyl (C=O) groups excluding carboxylic acids is 1. The lowest BCUT2D eigenvalue weighted by Crippen LogP contribution is -2.43. The Kier molecular flexibility index (Phi) is 3.97. The summed E-state index contributed by atoms with van der Waals surface area (Å²) < 4.78 is 6.59. The maximum absolute atomic E-state index is 11.6. The Morgan fingerprint density at radius 1 is 1.47 bits per heavy atom. The minimum absolute atomic E-state index is 0.0262. The Bertz CT molecular complexity index is 416. The van der Waals surface area contributed by atoms with E-state index in [1.807, 2.05) is 24.3 Å². The summed E-state index contributed by atoms with van der Waals surface area (Å²) in [5.74, 6) is 0.0262. The van der Waals surface area contributed by atoms with E-state index >= 15 is 0 Å². The standard InChI is InChI=1S/C13H14BrNO2/c1-2-7-15-8-12(17-9-13(15)16)10-3-5-11(14)6-4-10/h2-6,12H,1,7-9H2. The number of nitrogens with zero attached hydrogens (tertiary/aromatic N) is 1. The molecule has 17 heavy (non-hydrogen) atoms. The third-order valence-corrected chi connectivity index (χ3v) is 3.27. The van der Waals surface area contributed by atoms with Gasteiger partial charge >= 0.3 is 0 Å². The summed E-state index contributed by atoms with van der Waals surface area (Å²) in [5, 5.41) is 0. The molecule has 0 radical (unpaired) electrons. The lowest BCUT2D eigenvalue weighted by Gasteiger charge is -2.32. The zero-order chi connectivity index (χ0) is 12.3. The minimum Gasteiger partial charge on any atom is -0.362 e. The lowest BCUT2D eigenvalue weighted by atomic mass is 10.1. The van der Waals surface area contributed by atoms with Crippen LogP contribution >= 0.6 is 15.9 Å². The highest BCUT2D eigenvalue weighted by molar-refractivity contribution is 9.10. The number of hydrogen-bond donors (Lipinski definition) is 0. The fraction of sp³-hybridized carbons (Fsp3) is 0.308. The van der Waals surface area contributed by atoms with Crippen LogP contribution in [0, 0.1) is 0 Å². The number of halogens is 1. The normalized spacial score (nSPS) is 20.4. The Labute approximate surface area is 109 Å². The molecule has 1 atom stereocenters. The van der Waals surface area contributed by atoms with Gasteiger partial charge in [0.15, 0.2) is 0 Å². The molecule has 1 unspecified atom stereocenters. The van der Waals surface area contributed by atoms with E-state index in [0.717, 1.165) is 10.0 Å². The van der Waals surface area contributed by atoms with Crippen molar-refractivity contribution in [2.45, 2.75) is 6.10 Å². The quantitative estimate of drug-likeness (QED) is 0.802. The van der Waals surface area contributed by atoms with Gasteiger partial charge in [-0.05, 0) is 17.7 Å². The van der Waals surface area contributed by atoms with Crippen LogP contribution in [0.2, 0.25) is 0 Å². The molecule has 0 aromatic heterocycles. The van der Waals surface area contributed by atoms with Crippen LogP contribution in [-0.4, -0.2) is 30.5 Å². The molecular formula is C13H14BrNO2. The lowest BCUT2D eigenvalue weighted by molar-refractivity contribution is -0.148. The predicted molar refractivity (Wildman–Crippen MR) is 69.6 cm³/mol. The second-order valence-electron chi connectivity index (χ2n) is 3.94. The topological polar surface area (TPSA) is 29.5 Å². The van der Waals surface area contributed by atoms with Gasteiger partial charge in [-0.1, -0.05) is 34.1 Å². The molecule has 0 N–H and O–H groups in total. The Hall–Kier alpha value is -1.13. The monoisotopic (exact) mass is 295 g/mol. The summed E-state index contributed by atoms with van der Waals surface area (Å²) in [7, 11) is 0. The van der Waals surface area contributed by atoms with E-state index in [1.54, 1.807) is 11.0 Å². The van der Waals surface area contributed by atoms with E-state index in [2.05, 4.69) is 22.5 Å². The van der Waals surface area contributed by atoms with Crippen molar-refractivity contribution in [3.8, 4) is 0 Å². The molecule has 0 bridgehead atoms. The molecule has 1 heterocycles. The minimum atomic E-state index is -0.0410. The van der Waals surface area contributed by atoms with Crippen molar-refractivity contribution in [3.63, 3.8) is 0 Å². The highest BCUT2D eigenvalue weighted by Crippen LogP contribution is 2.24. The average Bonchev–Trinajstić information content (AvgIpc) is 2.33. The van der Waals surface area contributed by atoms with Crippen molar-refractivity contribution in [2.75, 3.05) is 19.7 Å². The van der Waals surface area contributed by atoms with Gasteiger partial charge in [0.2, 0.25) is 5.91 Å². The van der Waals surface area contributed by atoms with Crippen molar-refractivity contribution in [1.82, 2.24) is 4.90 Å². The zero-order valence-electron chi connectivity index (χ0n) is 9.43. The van der Waals surface area contributed by atoms with E-state index in [-0.39, 0.29) is 18.6 Å². The van der Waals surface area contributed by atoms with Crippen LogP contribution < -0.4 is 0 Å². The summed E-state index contributed by atoms with van der Waals surface area (Å²) in [5.41, 5.74) is 1.09. The molecule has 1 saturated heterocycles. The summed E-state index contributed by atoms with van der Waals surface area (Å²) in [6.07, 6.45) is 1.70. The van der Waals surface area contributed by atoms with Crippen LogP contribution in [0.1, 0.15) is 11.7 Å². The largest absolute Gasteiger partial charge is 0.362 e. The Morgan fingerprint density at radius 3 is 2.82 bits per heavy atom. The van der Waals surface area contributed by atoms with E-state index < -0.39 is 0 Å². The van der Waals surface area contributed by atoms with Crippen LogP contribution in [0.25, 0.3) is 0 Å². The number of benzene rings is 1. The van der Waals surface area contributed by atoms with Gasteiger partial charge in [-0.2, -0.15) is 0 Å². The molecule has 0 aliphatic carbocycles. The Balaban J connectivity index is 2.09. The molecule has 1 fully saturated rings. The molecule has 1 aliphatic rings. The second kappa shape index (κ2) is 5.47. The smallest absolute Gasteiger partial charge is 0.248 e. The average molecular weight is 296 g/mol. The third-order valence-electron chi connectivity index (χ3n) is 2.74. The van der Waals surface area contributed by atoms with Gasteiger partial charge in [0.25, 0.3) is 0 Å². The Morgan fingerprint density at radius 2 is 2.18 bits per heavy atom. The number of morpholine rings is 1. The first-order valence-corrected chi connectivity index (χ1v) is 6.25. The van der Waals surface area contributed by atoms with Crippen LogP contribution in [0.4, 0.5) is 0 Å². The molecule has 0 spiro atoms. The van der Waals surface area contributed by atoms with Crippen LogP contribution in [-0.2, 0) is 9.53 Å². The van der Waals surface area contributed by atoms with Gasteiger partial charge in [0.1, 0.15) is 12.7 Å². The predicted octanol–water partition coefficient (Wildman–Crippen LogP) is 2.54. The fourth-order valence-electron chi connectivity index (χ4n) is 1.83. The van der Waals surface area contributed by atoms with Crippen molar-refractivity contribution >= 4 is 21.8 Å². The number of carbonyl (C=O) groups is 1. The molecule has 1 aromatic carbocycles. The first-order valence-electron chi connectivity index (χ1n) is 5.46. The van der Waals surface area contributed by atoms with Crippen LogP contribution in [0.15, 0.2) is 41.4 Å². The number of rotatable bonds is 3. The first kappa shape index (κ1) is 12.3. The SMILES string of the molecule is C=CCN1CC(c2ccc(Br)cc2)OCC1=O. The van der Waals surface area contributed by atoms with Gasteiger partial charge in [0, 0.05) is 11.0 Å². The van der Waals surface area contributed by atoms with E-state index in [9.17, 15) is 4.79 Å². The van der Waals surface area contributed by atoms with Gasteiger partial charge in [-0.15, -0.1) is 6.58 Å². The molecule has 4 heteroatoms. The number of amides is 1. The number of ether oxygens (including phenoxy) is 1. The molecule has 1 aromatic rings. The van der Waals surface area contributed by atoms with Gasteiger partial charge < -0.3 is 9.64 Å². The summed E-state index contributed by atoms with van der Waals surface area (Å²) in [6.45, 7) is 4.97. The van der Waals surface area contributed by atoms with Gasteiger partial charge in [-0.25, -0.2) is 0 Å². The van der Waals surface area contributed by atoms with Gasteiger partial charge in [0.05, 0.1) is 6.54 Å². The van der Waals surface area contributed by atoms with E-state index in [1.165, 1.54) is 0 Å². The zero-order valence-corrected chi connectivity index (χ0v) is 11.0. The maximum atomic E-state index is 11.6. The fourth-order valence-corrected chi connectivity index (χ4v) is 2.09. The van der Waals surface area contributed by atoms with Crippen molar-refractivity contribution in [3.05, 3.63) is 47.0 Å².